The molecule has 2 aromatic rings. The van der Waals surface area contributed by atoms with E-state index in [2.05, 4.69) is 16.5 Å². The number of nitrogens with zero attached hydrogens (tertiary/aromatic N) is 2. The van der Waals surface area contributed by atoms with Crippen LogP contribution in [0.25, 0.3) is 0 Å². The molecule has 6 nitrogen and oxygen atoms in total. The first-order valence-corrected chi connectivity index (χ1v) is 9.25. The molecule has 1 N–H and O–H groups in total. The van der Waals surface area contributed by atoms with Crippen molar-refractivity contribution in [3.05, 3.63) is 47.3 Å². The van der Waals surface area contributed by atoms with Crippen LogP contribution in [0.1, 0.15) is 41.0 Å². The van der Waals surface area contributed by atoms with Gasteiger partial charge in [0.25, 0.3) is 5.91 Å². The summed E-state index contributed by atoms with van der Waals surface area (Å²) in [5.74, 6) is 0.700. The standard InChI is InChI=1S/C20H27N3O3/c1-15-13-16(2)23(22-15)11-4-10-21-20(24)17-6-8-18(9-7-17)26-14-19-5-3-12-25-19/h6-9,13,19H,3-5,10-12,14H2,1-2H3,(H,21,24). The zero-order chi connectivity index (χ0) is 18.4. The van der Waals surface area contributed by atoms with Crippen LogP contribution in [-0.2, 0) is 11.3 Å². The Kier molecular flexibility index (Phi) is 6.28. The number of carbonyl (C=O) groups is 1. The minimum Gasteiger partial charge on any atom is -0.491 e. The first kappa shape index (κ1) is 18.5. The molecule has 0 saturated carbocycles. The van der Waals surface area contributed by atoms with Crippen molar-refractivity contribution in [2.45, 2.75) is 45.8 Å². The SMILES string of the molecule is Cc1cc(C)n(CCCNC(=O)c2ccc(OCC3CCCO3)cc2)n1. The van der Waals surface area contributed by atoms with Gasteiger partial charge in [0.1, 0.15) is 12.4 Å². The zero-order valence-electron chi connectivity index (χ0n) is 15.5. The molecule has 26 heavy (non-hydrogen) atoms. The van der Waals surface area contributed by atoms with Gasteiger partial charge in [-0.15, -0.1) is 0 Å². The lowest BCUT2D eigenvalue weighted by Gasteiger charge is -2.12. The second-order valence-electron chi connectivity index (χ2n) is 6.73. The fraction of sp³-hybridized carbons (Fsp3) is 0.500. The second kappa shape index (κ2) is 8.85. The van der Waals surface area contributed by atoms with Gasteiger partial charge in [0.15, 0.2) is 0 Å². The lowest BCUT2D eigenvalue weighted by atomic mass is 10.2. The number of amides is 1. The molecule has 1 aliphatic heterocycles. The van der Waals surface area contributed by atoms with E-state index < -0.39 is 0 Å². The molecular weight excluding hydrogens is 330 g/mol. The largest absolute Gasteiger partial charge is 0.491 e. The summed E-state index contributed by atoms with van der Waals surface area (Å²) in [6, 6.07) is 9.31. The van der Waals surface area contributed by atoms with Crippen LogP contribution in [0.2, 0.25) is 0 Å². The van der Waals surface area contributed by atoms with Crippen molar-refractivity contribution in [2.24, 2.45) is 0 Å². The molecule has 1 unspecified atom stereocenters. The Morgan fingerprint density at radius 1 is 1.35 bits per heavy atom. The molecule has 1 aromatic heterocycles. The first-order valence-electron chi connectivity index (χ1n) is 9.25. The Hall–Kier alpha value is -2.34. The predicted molar refractivity (Wildman–Crippen MR) is 99.6 cm³/mol. The average Bonchev–Trinajstić information content (AvgIpc) is 3.26. The molecule has 1 amide bonds. The maximum Gasteiger partial charge on any atom is 0.251 e. The number of rotatable bonds is 8. The van der Waals surface area contributed by atoms with E-state index in [9.17, 15) is 4.79 Å². The smallest absolute Gasteiger partial charge is 0.251 e. The van der Waals surface area contributed by atoms with Crippen molar-refractivity contribution in [3.8, 4) is 5.75 Å². The number of aromatic nitrogens is 2. The van der Waals surface area contributed by atoms with Gasteiger partial charge in [0, 0.05) is 31.0 Å². The van der Waals surface area contributed by atoms with Crippen LogP contribution in [0.5, 0.6) is 5.75 Å². The molecule has 0 aliphatic carbocycles. The normalized spacial score (nSPS) is 16.6. The molecule has 140 valence electrons. The Balaban J connectivity index is 1.39. The van der Waals surface area contributed by atoms with E-state index in [0.717, 1.165) is 49.6 Å². The minimum atomic E-state index is -0.0657. The van der Waals surface area contributed by atoms with Crippen LogP contribution in [0.3, 0.4) is 0 Å². The highest BCUT2D eigenvalue weighted by Crippen LogP contribution is 2.16. The van der Waals surface area contributed by atoms with Crippen LogP contribution in [0.4, 0.5) is 0 Å². The summed E-state index contributed by atoms with van der Waals surface area (Å²) in [6.07, 6.45) is 3.20. The topological polar surface area (TPSA) is 65.4 Å². The molecule has 1 saturated heterocycles. The van der Waals surface area contributed by atoms with Crippen LogP contribution >= 0.6 is 0 Å². The minimum absolute atomic E-state index is 0.0657. The number of nitrogens with one attached hydrogen (secondary N) is 1. The summed E-state index contributed by atoms with van der Waals surface area (Å²) in [5, 5.41) is 7.37. The Bertz CT molecular complexity index is 718. The van der Waals surface area contributed by atoms with E-state index in [1.54, 1.807) is 12.1 Å². The molecule has 1 atom stereocenters. The number of carbonyl (C=O) groups excluding carboxylic acids is 1. The van der Waals surface area contributed by atoms with Gasteiger partial charge in [-0.1, -0.05) is 0 Å². The van der Waals surface area contributed by atoms with Gasteiger partial charge < -0.3 is 14.8 Å². The lowest BCUT2D eigenvalue weighted by Crippen LogP contribution is -2.25. The summed E-state index contributed by atoms with van der Waals surface area (Å²) in [5.41, 5.74) is 2.81. The van der Waals surface area contributed by atoms with Crippen molar-refractivity contribution in [1.29, 1.82) is 0 Å². The van der Waals surface area contributed by atoms with Crippen LogP contribution < -0.4 is 10.1 Å². The summed E-state index contributed by atoms with van der Waals surface area (Å²) in [6.45, 7) is 6.84. The highest BCUT2D eigenvalue weighted by Gasteiger charge is 2.16. The van der Waals surface area contributed by atoms with Gasteiger partial charge in [-0.2, -0.15) is 5.10 Å². The van der Waals surface area contributed by atoms with E-state index in [4.69, 9.17) is 9.47 Å². The fourth-order valence-electron chi connectivity index (χ4n) is 3.10. The molecule has 1 aliphatic rings. The quantitative estimate of drug-likeness (QED) is 0.738. The van der Waals surface area contributed by atoms with Crippen molar-refractivity contribution in [2.75, 3.05) is 19.8 Å². The van der Waals surface area contributed by atoms with Crippen LogP contribution in [0, 0.1) is 13.8 Å². The van der Waals surface area contributed by atoms with Gasteiger partial charge in [0.2, 0.25) is 0 Å². The summed E-state index contributed by atoms with van der Waals surface area (Å²) in [4.78, 5) is 12.2. The predicted octanol–water partition coefficient (Wildman–Crippen LogP) is 2.88. The highest BCUT2D eigenvalue weighted by atomic mass is 16.5. The van der Waals surface area contributed by atoms with E-state index in [0.29, 0.717) is 18.7 Å². The maximum atomic E-state index is 12.2. The summed E-state index contributed by atoms with van der Waals surface area (Å²) < 4.78 is 13.2. The maximum absolute atomic E-state index is 12.2. The number of hydrogen-bond acceptors (Lipinski definition) is 4. The van der Waals surface area contributed by atoms with Crippen LogP contribution in [0.15, 0.2) is 30.3 Å². The van der Waals surface area contributed by atoms with Crippen molar-refractivity contribution in [1.82, 2.24) is 15.1 Å². The average molecular weight is 357 g/mol. The van der Waals surface area contributed by atoms with E-state index in [1.807, 2.05) is 30.7 Å². The number of hydrogen-bond donors (Lipinski definition) is 1. The van der Waals surface area contributed by atoms with Crippen molar-refractivity contribution in [3.63, 3.8) is 0 Å². The van der Waals surface area contributed by atoms with Gasteiger partial charge in [0.05, 0.1) is 11.8 Å². The summed E-state index contributed by atoms with van der Waals surface area (Å²) in [7, 11) is 0. The third-order valence-corrected chi connectivity index (χ3v) is 4.51. The molecule has 0 radical (unpaired) electrons. The molecule has 2 heterocycles. The van der Waals surface area contributed by atoms with Gasteiger partial charge in [-0.3, -0.25) is 9.48 Å². The van der Waals surface area contributed by atoms with Crippen molar-refractivity contribution >= 4 is 5.91 Å². The Morgan fingerprint density at radius 3 is 2.81 bits per heavy atom. The van der Waals surface area contributed by atoms with Gasteiger partial charge >= 0.3 is 0 Å². The third kappa shape index (κ3) is 5.08. The lowest BCUT2D eigenvalue weighted by molar-refractivity contribution is 0.0679. The Morgan fingerprint density at radius 2 is 2.15 bits per heavy atom. The number of aryl methyl sites for hydroxylation is 3. The van der Waals surface area contributed by atoms with Crippen LogP contribution in [-0.4, -0.2) is 41.6 Å². The fourth-order valence-corrected chi connectivity index (χ4v) is 3.10. The highest BCUT2D eigenvalue weighted by molar-refractivity contribution is 5.94. The molecule has 0 bridgehead atoms. The second-order valence-corrected chi connectivity index (χ2v) is 6.73. The Labute approximate surface area is 154 Å². The van der Waals surface area contributed by atoms with Gasteiger partial charge in [-0.25, -0.2) is 0 Å². The van der Waals surface area contributed by atoms with E-state index in [1.165, 1.54) is 0 Å². The molecule has 1 aromatic carbocycles. The molecular formula is C20H27N3O3. The third-order valence-electron chi connectivity index (χ3n) is 4.51. The first-order chi connectivity index (χ1) is 12.6. The molecule has 6 heteroatoms. The number of benzene rings is 1. The van der Waals surface area contributed by atoms with E-state index in [-0.39, 0.29) is 12.0 Å². The molecule has 1 fully saturated rings. The molecule has 3 rings (SSSR count). The molecule has 0 spiro atoms. The van der Waals surface area contributed by atoms with Gasteiger partial charge in [-0.05, 0) is 63.4 Å². The zero-order valence-corrected chi connectivity index (χ0v) is 15.5. The number of ether oxygens (including phenoxy) is 2. The summed E-state index contributed by atoms with van der Waals surface area (Å²) >= 11 is 0. The monoisotopic (exact) mass is 357 g/mol. The van der Waals surface area contributed by atoms with Crippen molar-refractivity contribution < 1.29 is 14.3 Å². The van der Waals surface area contributed by atoms with E-state index >= 15 is 0 Å².